The first-order chi connectivity index (χ1) is 12.7. The van der Waals surface area contributed by atoms with E-state index in [-0.39, 0.29) is 0 Å². The second kappa shape index (κ2) is 7.41. The molecule has 1 aliphatic heterocycles. The van der Waals surface area contributed by atoms with Crippen LogP contribution in [0.15, 0.2) is 24.9 Å². The Morgan fingerprint density at radius 2 is 2.04 bits per heavy atom. The van der Waals surface area contributed by atoms with E-state index in [1.807, 2.05) is 25.5 Å². The Balaban J connectivity index is 1.43. The molecule has 0 bridgehead atoms. The molecule has 8 nitrogen and oxygen atoms in total. The first-order valence-corrected chi connectivity index (χ1v) is 9.34. The van der Waals surface area contributed by atoms with E-state index in [2.05, 4.69) is 46.1 Å². The molecule has 26 heavy (non-hydrogen) atoms. The number of H-pyrrole nitrogens is 1. The minimum Gasteiger partial charge on any atom is -0.347 e. The average Bonchev–Trinajstić information content (AvgIpc) is 3.39. The lowest BCUT2D eigenvalue weighted by Crippen LogP contribution is -2.33. The summed E-state index contributed by atoms with van der Waals surface area (Å²) in [6.07, 6.45) is 9.72. The Morgan fingerprint density at radius 3 is 2.69 bits per heavy atom. The summed E-state index contributed by atoms with van der Waals surface area (Å²) < 4.78 is 4.40. The van der Waals surface area contributed by atoms with Crippen molar-refractivity contribution in [3.8, 4) is 0 Å². The summed E-state index contributed by atoms with van der Waals surface area (Å²) in [5, 5.41) is 9.06. The lowest BCUT2D eigenvalue weighted by atomic mass is 9.95. The van der Waals surface area contributed by atoms with Gasteiger partial charge in [0, 0.05) is 43.3 Å². The number of rotatable bonds is 6. The van der Waals surface area contributed by atoms with Crippen molar-refractivity contribution in [3.63, 3.8) is 0 Å². The summed E-state index contributed by atoms with van der Waals surface area (Å²) in [6.45, 7) is 8.92. The number of nitrogens with one attached hydrogen (secondary N) is 1. The van der Waals surface area contributed by atoms with Crippen molar-refractivity contribution in [2.75, 3.05) is 13.1 Å². The van der Waals surface area contributed by atoms with E-state index in [1.165, 1.54) is 5.69 Å². The summed E-state index contributed by atoms with van der Waals surface area (Å²) >= 11 is 0. The lowest BCUT2D eigenvalue weighted by Gasteiger charge is -2.31. The Kier molecular flexibility index (Phi) is 4.83. The number of aromatic amines is 1. The number of hydrogen-bond acceptors (Lipinski definition) is 5. The van der Waals surface area contributed by atoms with Crippen LogP contribution in [-0.4, -0.2) is 52.3 Å². The molecule has 138 valence electrons. The van der Waals surface area contributed by atoms with Crippen LogP contribution in [0.1, 0.15) is 48.9 Å². The number of likely N-dealkylation sites (tertiary alicyclic amines) is 1. The summed E-state index contributed by atoms with van der Waals surface area (Å²) in [6, 6.07) is 0. The van der Waals surface area contributed by atoms with Gasteiger partial charge in [0.05, 0.1) is 12.9 Å². The fourth-order valence-corrected chi connectivity index (χ4v) is 3.80. The van der Waals surface area contributed by atoms with Crippen LogP contribution in [0.3, 0.4) is 0 Å². The highest BCUT2D eigenvalue weighted by atomic mass is 15.3. The van der Waals surface area contributed by atoms with Crippen LogP contribution in [-0.2, 0) is 19.6 Å². The van der Waals surface area contributed by atoms with Gasteiger partial charge in [0.25, 0.3) is 0 Å². The SMILES string of the molecule is CCn1c(Cn2ccnc2C)nnc1C1CCN(Cc2cnc[nH]2)CC1. The molecular formula is C18H26N8. The van der Waals surface area contributed by atoms with Crippen molar-refractivity contribution < 1.29 is 0 Å². The zero-order chi connectivity index (χ0) is 17.9. The molecule has 0 unspecified atom stereocenters. The first kappa shape index (κ1) is 17.0. The Morgan fingerprint density at radius 1 is 1.19 bits per heavy atom. The van der Waals surface area contributed by atoms with Gasteiger partial charge in [-0.15, -0.1) is 10.2 Å². The fraction of sp³-hybridized carbons (Fsp3) is 0.556. The van der Waals surface area contributed by atoms with E-state index in [0.717, 1.165) is 63.0 Å². The highest BCUT2D eigenvalue weighted by Gasteiger charge is 2.26. The molecule has 1 aliphatic rings. The van der Waals surface area contributed by atoms with E-state index in [1.54, 1.807) is 6.33 Å². The fourth-order valence-electron chi connectivity index (χ4n) is 3.80. The Labute approximate surface area is 153 Å². The van der Waals surface area contributed by atoms with E-state index >= 15 is 0 Å². The average molecular weight is 354 g/mol. The molecule has 1 fully saturated rings. The van der Waals surface area contributed by atoms with E-state index in [9.17, 15) is 0 Å². The first-order valence-electron chi connectivity index (χ1n) is 9.34. The van der Waals surface area contributed by atoms with E-state index in [0.29, 0.717) is 5.92 Å². The minimum absolute atomic E-state index is 0.484. The third kappa shape index (κ3) is 3.41. The smallest absolute Gasteiger partial charge is 0.153 e. The lowest BCUT2D eigenvalue weighted by molar-refractivity contribution is 0.198. The van der Waals surface area contributed by atoms with Crippen molar-refractivity contribution in [1.82, 2.24) is 39.2 Å². The molecule has 1 saturated heterocycles. The molecule has 0 spiro atoms. The highest BCUT2D eigenvalue weighted by Crippen LogP contribution is 2.28. The Bertz CT molecular complexity index is 823. The molecule has 0 atom stereocenters. The molecule has 0 saturated carbocycles. The summed E-state index contributed by atoms with van der Waals surface area (Å²) in [7, 11) is 0. The third-order valence-electron chi connectivity index (χ3n) is 5.31. The van der Waals surface area contributed by atoms with Gasteiger partial charge in [-0.3, -0.25) is 4.90 Å². The highest BCUT2D eigenvalue weighted by molar-refractivity contribution is 5.06. The van der Waals surface area contributed by atoms with Crippen LogP contribution < -0.4 is 0 Å². The van der Waals surface area contributed by atoms with Crippen LogP contribution in [0.5, 0.6) is 0 Å². The maximum Gasteiger partial charge on any atom is 0.153 e. The molecule has 0 aliphatic carbocycles. The van der Waals surface area contributed by atoms with E-state index in [4.69, 9.17) is 0 Å². The van der Waals surface area contributed by atoms with Gasteiger partial charge < -0.3 is 14.1 Å². The number of hydrogen-bond donors (Lipinski definition) is 1. The van der Waals surface area contributed by atoms with Gasteiger partial charge in [0.15, 0.2) is 5.82 Å². The topological polar surface area (TPSA) is 80.4 Å². The molecule has 0 radical (unpaired) electrons. The number of imidazole rings is 2. The zero-order valence-electron chi connectivity index (χ0n) is 15.5. The minimum atomic E-state index is 0.484. The monoisotopic (exact) mass is 354 g/mol. The van der Waals surface area contributed by atoms with Gasteiger partial charge in [-0.1, -0.05) is 0 Å². The van der Waals surface area contributed by atoms with Crippen LogP contribution in [0.25, 0.3) is 0 Å². The van der Waals surface area contributed by atoms with Crippen LogP contribution in [0.2, 0.25) is 0 Å². The largest absolute Gasteiger partial charge is 0.347 e. The molecule has 3 aromatic heterocycles. The van der Waals surface area contributed by atoms with Crippen LogP contribution in [0, 0.1) is 6.92 Å². The molecule has 4 heterocycles. The normalized spacial score (nSPS) is 16.4. The molecule has 3 aromatic rings. The number of nitrogens with zero attached hydrogens (tertiary/aromatic N) is 7. The number of piperidine rings is 1. The van der Waals surface area contributed by atoms with Gasteiger partial charge in [-0.05, 0) is 39.8 Å². The predicted octanol–water partition coefficient (Wildman–Crippen LogP) is 1.95. The van der Waals surface area contributed by atoms with Gasteiger partial charge in [0.1, 0.15) is 11.6 Å². The quantitative estimate of drug-likeness (QED) is 0.732. The van der Waals surface area contributed by atoms with Crippen molar-refractivity contribution in [3.05, 3.63) is 48.1 Å². The second-order valence-electron chi connectivity index (χ2n) is 6.95. The number of aromatic nitrogens is 7. The summed E-state index contributed by atoms with van der Waals surface area (Å²) in [4.78, 5) is 14.1. The zero-order valence-corrected chi connectivity index (χ0v) is 15.5. The summed E-state index contributed by atoms with van der Waals surface area (Å²) in [5.41, 5.74) is 1.18. The number of aryl methyl sites for hydroxylation is 1. The maximum absolute atomic E-state index is 4.57. The second-order valence-corrected chi connectivity index (χ2v) is 6.95. The van der Waals surface area contributed by atoms with E-state index < -0.39 is 0 Å². The van der Waals surface area contributed by atoms with Gasteiger partial charge >= 0.3 is 0 Å². The van der Waals surface area contributed by atoms with Gasteiger partial charge in [-0.25, -0.2) is 9.97 Å². The predicted molar refractivity (Wildman–Crippen MR) is 97.6 cm³/mol. The third-order valence-corrected chi connectivity index (χ3v) is 5.31. The maximum atomic E-state index is 4.57. The van der Waals surface area contributed by atoms with Crippen molar-refractivity contribution >= 4 is 0 Å². The molecule has 1 N–H and O–H groups in total. The van der Waals surface area contributed by atoms with Crippen molar-refractivity contribution in [2.45, 2.75) is 52.2 Å². The van der Waals surface area contributed by atoms with Crippen molar-refractivity contribution in [1.29, 1.82) is 0 Å². The van der Waals surface area contributed by atoms with Crippen LogP contribution >= 0.6 is 0 Å². The summed E-state index contributed by atoms with van der Waals surface area (Å²) in [5.74, 6) is 3.65. The molecule has 4 rings (SSSR count). The van der Waals surface area contributed by atoms with Gasteiger partial charge in [0.2, 0.25) is 0 Å². The Hall–Kier alpha value is -2.48. The molecule has 0 amide bonds. The van der Waals surface area contributed by atoms with Gasteiger partial charge in [-0.2, -0.15) is 0 Å². The molecular weight excluding hydrogens is 328 g/mol. The van der Waals surface area contributed by atoms with Crippen LogP contribution in [0.4, 0.5) is 0 Å². The molecule has 0 aromatic carbocycles. The standard InChI is InChI=1S/C18H26N8/c1-3-26-17(12-25-9-6-20-14(25)2)22-23-18(26)15-4-7-24(8-5-15)11-16-10-19-13-21-16/h6,9-10,13,15H,3-5,7-8,11-12H2,1-2H3,(H,19,21). The molecule has 8 heteroatoms. The van der Waals surface area contributed by atoms with Crippen molar-refractivity contribution in [2.24, 2.45) is 0 Å².